The van der Waals surface area contributed by atoms with E-state index in [9.17, 15) is 9.59 Å². The molecule has 0 aliphatic heterocycles. The van der Waals surface area contributed by atoms with Gasteiger partial charge < -0.3 is 5.32 Å². The van der Waals surface area contributed by atoms with Gasteiger partial charge >= 0.3 is 0 Å². The number of rotatable bonds is 6. The Kier molecular flexibility index (Phi) is 5.87. The average Bonchev–Trinajstić information content (AvgIpc) is 2.55. The molecule has 0 heterocycles. The second kappa shape index (κ2) is 8.36. The number of carbonyl (C=O) groups excluding carboxylic acids is 2. The number of carbonyl (C=O) groups is 2. The van der Waals surface area contributed by atoms with Crippen LogP contribution in [0.3, 0.4) is 0 Å². The number of nitrogens with zero attached hydrogens (tertiary/aromatic N) is 1. The Morgan fingerprint density at radius 2 is 1.45 bits per heavy atom. The summed E-state index contributed by atoms with van der Waals surface area (Å²) in [7, 11) is 0. The summed E-state index contributed by atoms with van der Waals surface area (Å²) in [5.74, 6) is -0.496. The number of para-hydroxylation sites is 1. The summed E-state index contributed by atoms with van der Waals surface area (Å²) >= 11 is 0. The molecule has 0 spiro atoms. The van der Waals surface area contributed by atoms with E-state index in [4.69, 9.17) is 0 Å². The molecule has 5 heteroatoms. The topological polar surface area (TPSA) is 70.6 Å². The van der Waals surface area contributed by atoms with Gasteiger partial charge in [0.05, 0.1) is 6.21 Å². The van der Waals surface area contributed by atoms with Crippen LogP contribution < -0.4 is 10.7 Å². The summed E-state index contributed by atoms with van der Waals surface area (Å²) in [5, 5.41) is 6.57. The molecule has 2 N–H and O–H groups in total. The van der Waals surface area contributed by atoms with Gasteiger partial charge in [0.2, 0.25) is 11.8 Å². The first-order chi connectivity index (χ1) is 10.7. The smallest absolute Gasteiger partial charge is 0.240 e. The van der Waals surface area contributed by atoms with Crippen molar-refractivity contribution in [3.63, 3.8) is 0 Å². The molecule has 0 saturated carbocycles. The maximum atomic E-state index is 11.7. The fourth-order valence-electron chi connectivity index (χ4n) is 1.75. The summed E-state index contributed by atoms with van der Waals surface area (Å²) in [6.45, 7) is 0. The maximum absolute atomic E-state index is 11.7. The predicted octanol–water partition coefficient (Wildman–Crippen LogP) is 2.56. The summed E-state index contributed by atoms with van der Waals surface area (Å²) < 4.78 is 0. The van der Waals surface area contributed by atoms with E-state index in [1.807, 2.05) is 48.5 Å². The molecule has 0 atom stereocenters. The first-order valence-corrected chi connectivity index (χ1v) is 6.96. The lowest BCUT2D eigenvalue weighted by Crippen LogP contribution is -2.20. The van der Waals surface area contributed by atoms with Crippen molar-refractivity contribution in [3.8, 4) is 0 Å². The summed E-state index contributed by atoms with van der Waals surface area (Å²) in [5.41, 5.74) is 4.01. The highest BCUT2D eigenvalue weighted by Gasteiger charge is 2.06. The molecule has 0 aliphatic carbocycles. The van der Waals surface area contributed by atoms with Crippen molar-refractivity contribution in [2.24, 2.45) is 5.10 Å². The number of nitrogens with one attached hydrogen (secondary N) is 2. The fourth-order valence-corrected chi connectivity index (χ4v) is 1.75. The Hall–Kier alpha value is -2.95. The van der Waals surface area contributed by atoms with E-state index in [0.717, 1.165) is 11.3 Å². The predicted molar refractivity (Wildman–Crippen MR) is 86.5 cm³/mol. The third-order valence-corrected chi connectivity index (χ3v) is 2.84. The van der Waals surface area contributed by atoms with Crippen molar-refractivity contribution in [1.82, 2.24) is 5.43 Å². The van der Waals surface area contributed by atoms with Gasteiger partial charge in [0, 0.05) is 18.5 Å². The van der Waals surface area contributed by atoms with Crippen molar-refractivity contribution >= 4 is 23.7 Å². The van der Waals surface area contributed by atoms with Crippen molar-refractivity contribution in [2.45, 2.75) is 12.8 Å². The first-order valence-electron chi connectivity index (χ1n) is 6.96. The Balaban J connectivity index is 1.69. The van der Waals surface area contributed by atoms with Crippen LogP contribution in [0.15, 0.2) is 65.8 Å². The molecule has 22 heavy (non-hydrogen) atoms. The summed E-state index contributed by atoms with van der Waals surface area (Å²) in [6.07, 6.45) is 1.76. The zero-order valence-corrected chi connectivity index (χ0v) is 12.0. The van der Waals surface area contributed by atoms with Gasteiger partial charge in [-0.05, 0) is 17.7 Å². The van der Waals surface area contributed by atoms with Crippen LogP contribution in [0.25, 0.3) is 0 Å². The molecule has 0 bridgehead atoms. The molecule has 2 amide bonds. The highest BCUT2D eigenvalue weighted by Crippen LogP contribution is 2.05. The number of hydrogen-bond donors (Lipinski definition) is 2. The molecular formula is C17H17N3O2. The molecule has 2 aromatic carbocycles. The van der Waals surface area contributed by atoms with E-state index in [-0.39, 0.29) is 24.7 Å². The average molecular weight is 295 g/mol. The van der Waals surface area contributed by atoms with E-state index in [2.05, 4.69) is 15.8 Å². The third kappa shape index (κ3) is 5.58. The molecule has 2 aromatic rings. The second-order valence-electron chi connectivity index (χ2n) is 4.62. The van der Waals surface area contributed by atoms with Crippen molar-refractivity contribution in [2.75, 3.05) is 5.32 Å². The third-order valence-electron chi connectivity index (χ3n) is 2.84. The van der Waals surface area contributed by atoms with E-state index >= 15 is 0 Å². The molecule has 0 unspecified atom stereocenters. The van der Waals surface area contributed by atoms with Crippen LogP contribution in [0, 0.1) is 0 Å². The van der Waals surface area contributed by atoms with Crippen molar-refractivity contribution < 1.29 is 9.59 Å². The van der Waals surface area contributed by atoms with Crippen LogP contribution in [0.2, 0.25) is 0 Å². The van der Waals surface area contributed by atoms with Crippen LogP contribution in [0.1, 0.15) is 18.4 Å². The minimum atomic E-state index is -0.296. The van der Waals surface area contributed by atoms with Gasteiger partial charge in [0.15, 0.2) is 0 Å². The highest BCUT2D eigenvalue weighted by atomic mass is 16.2. The van der Waals surface area contributed by atoms with Crippen LogP contribution >= 0.6 is 0 Å². The molecule has 2 rings (SSSR count). The Morgan fingerprint density at radius 1 is 0.864 bits per heavy atom. The second-order valence-corrected chi connectivity index (χ2v) is 4.62. The largest absolute Gasteiger partial charge is 0.326 e. The monoisotopic (exact) mass is 295 g/mol. The van der Waals surface area contributed by atoms with Crippen molar-refractivity contribution in [1.29, 1.82) is 0 Å². The van der Waals surface area contributed by atoms with Gasteiger partial charge in [-0.15, -0.1) is 0 Å². The Bertz CT molecular complexity index is 639. The first kappa shape index (κ1) is 15.4. The molecule has 0 fully saturated rings. The van der Waals surface area contributed by atoms with Gasteiger partial charge in [0.1, 0.15) is 0 Å². The van der Waals surface area contributed by atoms with Gasteiger partial charge in [-0.2, -0.15) is 5.10 Å². The van der Waals surface area contributed by atoms with Crippen molar-refractivity contribution in [3.05, 3.63) is 66.2 Å². The molecular weight excluding hydrogens is 278 g/mol. The lowest BCUT2D eigenvalue weighted by atomic mass is 10.2. The number of anilines is 1. The molecule has 5 nitrogen and oxygen atoms in total. The van der Waals surface area contributed by atoms with Gasteiger partial charge in [-0.3, -0.25) is 9.59 Å². The van der Waals surface area contributed by atoms with E-state index in [0.29, 0.717) is 0 Å². The van der Waals surface area contributed by atoms with E-state index < -0.39 is 0 Å². The van der Waals surface area contributed by atoms with Gasteiger partial charge in [-0.25, -0.2) is 5.43 Å². The number of hydrogen-bond acceptors (Lipinski definition) is 3. The molecule has 112 valence electrons. The van der Waals surface area contributed by atoms with E-state index in [1.165, 1.54) is 0 Å². The van der Waals surface area contributed by atoms with Crippen LogP contribution in [-0.2, 0) is 9.59 Å². The van der Waals surface area contributed by atoms with E-state index in [1.54, 1.807) is 18.3 Å². The summed E-state index contributed by atoms with van der Waals surface area (Å²) in [6, 6.07) is 18.6. The summed E-state index contributed by atoms with van der Waals surface area (Å²) in [4.78, 5) is 23.3. The van der Waals surface area contributed by atoms with Gasteiger partial charge in [-0.1, -0.05) is 48.5 Å². The van der Waals surface area contributed by atoms with Gasteiger partial charge in [0.25, 0.3) is 0 Å². The number of amides is 2. The minimum Gasteiger partial charge on any atom is -0.326 e. The Labute approximate surface area is 129 Å². The standard InChI is InChI=1S/C17H17N3O2/c21-16(19-15-9-5-2-6-10-15)11-12-17(22)20-18-13-14-7-3-1-4-8-14/h1-10,13H,11-12H2,(H,19,21)(H,20,22)/b18-13-. The zero-order chi connectivity index (χ0) is 15.6. The maximum Gasteiger partial charge on any atom is 0.240 e. The number of benzene rings is 2. The van der Waals surface area contributed by atoms with Crippen LogP contribution in [-0.4, -0.2) is 18.0 Å². The molecule has 0 radical (unpaired) electrons. The molecule has 0 saturated heterocycles. The Morgan fingerprint density at radius 3 is 2.14 bits per heavy atom. The number of hydrazone groups is 1. The normalized spacial score (nSPS) is 10.4. The SMILES string of the molecule is O=C(CCC(=O)Nc1ccccc1)N/N=C\c1ccccc1. The minimum absolute atomic E-state index is 0.0881. The van der Waals surface area contributed by atoms with Crippen LogP contribution in [0.4, 0.5) is 5.69 Å². The van der Waals surface area contributed by atoms with Crippen LogP contribution in [0.5, 0.6) is 0 Å². The lowest BCUT2D eigenvalue weighted by molar-refractivity contribution is -0.124. The lowest BCUT2D eigenvalue weighted by Gasteiger charge is -2.04. The fraction of sp³-hybridized carbons (Fsp3) is 0.118. The quantitative estimate of drug-likeness (QED) is 0.635. The zero-order valence-electron chi connectivity index (χ0n) is 12.0. The molecule has 0 aliphatic rings. The molecule has 0 aromatic heterocycles. The highest BCUT2D eigenvalue weighted by molar-refractivity contribution is 5.93.